The Kier molecular flexibility index (Phi) is 4.21. The molecule has 3 nitrogen and oxygen atoms in total. The van der Waals surface area contributed by atoms with Crippen molar-refractivity contribution in [1.29, 1.82) is 0 Å². The molecule has 1 N–H and O–H groups in total. The first-order valence-electron chi connectivity index (χ1n) is 6.85. The van der Waals surface area contributed by atoms with Crippen molar-refractivity contribution in [2.45, 2.75) is 58.5 Å². The molecule has 1 heterocycles. The predicted molar refractivity (Wildman–Crippen MR) is 70.9 cm³/mol. The normalized spacial score (nSPS) is 23.1. The Morgan fingerprint density at radius 3 is 2.94 bits per heavy atom. The largest absolute Gasteiger partial charge is 0.337 e. The molecular weight excluding hydrogens is 210 g/mol. The lowest BCUT2D eigenvalue weighted by Gasteiger charge is -2.17. The summed E-state index contributed by atoms with van der Waals surface area (Å²) >= 11 is 0. The van der Waals surface area contributed by atoms with Gasteiger partial charge in [0.25, 0.3) is 0 Å². The van der Waals surface area contributed by atoms with Crippen molar-refractivity contribution >= 4 is 0 Å². The molecule has 17 heavy (non-hydrogen) atoms. The quantitative estimate of drug-likeness (QED) is 0.768. The van der Waals surface area contributed by atoms with E-state index in [2.05, 4.69) is 28.7 Å². The maximum atomic E-state index is 4.05. The minimum Gasteiger partial charge on any atom is -0.337 e. The Morgan fingerprint density at radius 2 is 2.29 bits per heavy atom. The molecule has 1 atom stereocenters. The summed E-state index contributed by atoms with van der Waals surface area (Å²) in [5, 5.41) is 3.69. The number of hydrogen-bond acceptors (Lipinski definition) is 2. The second-order valence-corrected chi connectivity index (χ2v) is 6.07. The van der Waals surface area contributed by atoms with Gasteiger partial charge in [0, 0.05) is 25.0 Å². The maximum absolute atomic E-state index is 4.05. The van der Waals surface area contributed by atoms with E-state index >= 15 is 0 Å². The number of nitrogens with one attached hydrogen (secondary N) is 1. The van der Waals surface area contributed by atoms with E-state index in [1.807, 2.05) is 18.7 Å². The van der Waals surface area contributed by atoms with Crippen LogP contribution in [0, 0.1) is 5.41 Å². The Morgan fingerprint density at radius 1 is 1.41 bits per heavy atom. The van der Waals surface area contributed by atoms with Crippen LogP contribution in [-0.2, 0) is 6.54 Å². The maximum Gasteiger partial charge on any atom is 0.0945 e. The van der Waals surface area contributed by atoms with E-state index in [9.17, 15) is 0 Å². The SMILES string of the molecule is CC1(C)CCC(NCCCCn2ccnc2)C1. The van der Waals surface area contributed by atoms with Crippen LogP contribution in [0.2, 0.25) is 0 Å². The molecule has 1 fully saturated rings. The van der Waals surface area contributed by atoms with E-state index in [-0.39, 0.29) is 0 Å². The summed E-state index contributed by atoms with van der Waals surface area (Å²) in [7, 11) is 0. The van der Waals surface area contributed by atoms with Crippen LogP contribution in [0.25, 0.3) is 0 Å². The smallest absolute Gasteiger partial charge is 0.0945 e. The zero-order valence-electron chi connectivity index (χ0n) is 11.2. The minimum atomic E-state index is 0.564. The molecule has 0 bridgehead atoms. The van der Waals surface area contributed by atoms with Gasteiger partial charge in [-0.2, -0.15) is 0 Å². The van der Waals surface area contributed by atoms with E-state index in [0.717, 1.165) is 19.1 Å². The van der Waals surface area contributed by atoms with Crippen molar-refractivity contribution in [2.24, 2.45) is 5.41 Å². The molecule has 1 aliphatic carbocycles. The fourth-order valence-corrected chi connectivity index (χ4v) is 2.75. The molecule has 0 radical (unpaired) electrons. The summed E-state index contributed by atoms with van der Waals surface area (Å²) in [6.07, 6.45) is 12.3. The standard InChI is InChI=1S/C14H25N3/c1-14(2)6-5-13(11-14)16-7-3-4-9-17-10-8-15-12-17/h8,10,12-13,16H,3-7,9,11H2,1-2H3. The van der Waals surface area contributed by atoms with Crippen molar-refractivity contribution in [3.8, 4) is 0 Å². The van der Waals surface area contributed by atoms with E-state index in [0.29, 0.717) is 5.41 Å². The molecule has 96 valence electrons. The number of rotatable bonds is 6. The Hall–Kier alpha value is -0.830. The highest BCUT2D eigenvalue weighted by Crippen LogP contribution is 2.36. The Labute approximate surface area is 105 Å². The van der Waals surface area contributed by atoms with Gasteiger partial charge in [-0.1, -0.05) is 13.8 Å². The molecular formula is C14H25N3. The van der Waals surface area contributed by atoms with Gasteiger partial charge < -0.3 is 9.88 Å². The molecule has 1 saturated carbocycles. The molecule has 1 aliphatic rings. The van der Waals surface area contributed by atoms with Crippen molar-refractivity contribution < 1.29 is 0 Å². The fourth-order valence-electron chi connectivity index (χ4n) is 2.75. The van der Waals surface area contributed by atoms with Gasteiger partial charge in [-0.25, -0.2) is 4.98 Å². The van der Waals surface area contributed by atoms with E-state index in [1.54, 1.807) is 0 Å². The first kappa shape index (κ1) is 12.6. The van der Waals surface area contributed by atoms with Crippen LogP contribution in [0.5, 0.6) is 0 Å². The Bertz CT molecular complexity index is 316. The molecule has 0 aromatic carbocycles. The molecule has 2 rings (SSSR count). The lowest BCUT2D eigenvalue weighted by atomic mass is 9.92. The number of imidazole rings is 1. The highest BCUT2D eigenvalue weighted by molar-refractivity contribution is 4.86. The van der Waals surface area contributed by atoms with Gasteiger partial charge in [0.15, 0.2) is 0 Å². The highest BCUT2D eigenvalue weighted by Gasteiger charge is 2.30. The molecule has 1 unspecified atom stereocenters. The number of aromatic nitrogens is 2. The van der Waals surface area contributed by atoms with Crippen LogP contribution < -0.4 is 5.32 Å². The third-order valence-corrected chi connectivity index (χ3v) is 3.80. The summed E-state index contributed by atoms with van der Waals surface area (Å²) in [4.78, 5) is 4.05. The topological polar surface area (TPSA) is 29.9 Å². The van der Waals surface area contributed by atoms with Crippen LogP contribution in [0.15, 0.2) is 18.7 Å². The molecule has 0 aliphatic heterocycles. The molecule has 1 aromatic heterocycles. The predicted octanol–water partition coefficient (Wildman–Crippen LogP) is 2.83. The van der Waals surface area contributed by atoms with Gasteiger partial charge >= 0.3 is 0 Å². The number of unbranched alkanes of at least 4 members (excludes halogenated alkanes) is 1. The monoisotopic (exact) mass is 235 g/mol. The van der Waals surface area contributed by atoms with Gasteiger partial charge in [0.2, 0.25) is 0 Å². The van der Waals surface area contributed by atoms with E-state index in [4.69, 9.17) is 0 Å². The number of nitrogens with zero attached hydrogens (tertiary/aromatic N) is 2. The average Bonchev–Trinajstić information content (AvgIpc) is 2.88. The van der Waals surface area contributed by atoms with Gasteiger partial charge in [0.05, 0.1) is 6.33 Å². The van der Waals surface area contributed by atoms with Crippen LogP contribution in [0.1, 0.15) is 46.0 Å². The van der Waals surface area contributed by atoms with Crippen LogP contribution >= 0.6 is 0 Å². The minimum absolute atomic E-state index is 0.564. The second-order valence-electron chi connectivity index (χ2n) is 6.07. The summed E-state index contributed by atoms with van der Waals surface area (Å²) in [5.74, 6) is 0. The summed E-state index contributed by atoms with van der Waals surface area (Å²) in [6.45, 7) is 7.02. The molecule has 3 heteroatoms. The first-order valence-corrected chi connectivity index (χ1v) is 6.85. The van der Waals surface area contributed by atoms with Crippen molar-refractivity contribution in [3.63, 3.8) is 0 Å². The molecule has 0 amide bonds. The fraction of sp³-hybridized carbons (Fsp3) is 0.786. The van der Waals surface area contributed by atoms with Gasteiger partial charge in [-0.15, -0.1) is 0 Å². The van der Waals surface area contributed by atoms with Gasteiger partial charge in [-0.3, -0.25) is 0 Å². The van der Waals surface area contributed by atoms with Gasteiger partial charge in [-0.05, 0) is 44.1 Å². The number of hydrogen-bond donors (Lipinski definition) is 1. The molecule has 0 spiro atoms. The van der Waals surface area contributed by atoms with Crippen molar-refractivity contribution in [2.75, 3.05) is 6.54 Å². The van der Waals surface area contributed by atoms with Crippen LogP contribution in [-0.4, -0.2) is 22.1 Å². The summed E-state index contributed by atoms with van der Waals surface area (Å²) in [5.41, 5.74) is 0.564. The number of aryl methyl sites for hydroxylation is 1. The highest BCUT2D eigenvalue weighted by atomic mass is 15.0. The van der Waals surface area contributed by atoms with Crippen LogP contribution in [0.4, 0.5) is 0 Å². The lowest BCUT2D eigenvalue weighted by molar-refractivity contribution is 0.363. The second kappa shape index (κ2) is 5.67. The third-order valence-electron chi connectivity index (χ3n) is 3.80. The summed E-state index contributed by atoms with van der Waals surface area (Å²) in [6, 6.07) is 0.762. The van der Waals surface area contributed by atoms with E-state index < -0.39 is 0 Å². The average molecular weight is 235 g/mol. The Balaban J connectivity index is 1.52. The zero-order chi connectivity index (χ0) is 12.1. The lowest BCUT2D eigenvalue weighted by Crippen LogP contribution is -2.28. The first-order chi connectivity index (χ1) is 8.16. The zero-order valence-corrected chi connectivity index (χ0v) is 11.2. The van der Waals surface area contributed by atoms with Gasteiger partial charge in [0.1, 0.15) is 0 Å². The molecule has 1 aromatic rings. The third kappa shape index (κ3) is 4.15. The van der Waals surface area contributed by atoms with E-state index in [1.165, 1.54) is 32.1 Å². The van der Waals surface area contributed by atoms with Crippen molar-refractivity contribution in [1.82, 2.24) is 14.9 Å². The summed E-state index contributed by atoms with van der Waals surface area (Å²) < 4.78 is 2.15. The van der Waals surface area contributed by atoms with Crippen LogP contribution in [0.3, 0.4) is 0 Å². The van der Waals surface area contributed by atoms with Crippen molar-refractivity contribution in [3.05, 3.63) is 18.7 Å². The molecule has 0 saturated heterocycles.